The molecule has 0 bridgehead atoms. The molecule has 1 fully saturated rings. The molecule has 1 aliphatic heterocycles. The van der Waals surface area contributed by atoms with Crippen molar-refractivity contribution in [2.45, 2.75) is 64.5 Å². The van der Waals surface area contributed by atoms with Crippen molar-refractivity contribution in [3.63, 3.8) is 0 Å². The minimum Gasteiger partial charge on any atom is -0.490 e. The number of hydrogen-bond acceptors (Lipinski definition) is 4. The van der Waals surface area contributed by atoms with E-state index in [1.807, 2.05) is 0 Å². The predicted octanol–water partition coefficient (Wildman–Crippen LogP) is 6.63. The molecule has 1 N–H and O–H groups in total. The molecule has 0 aliphatic carbocycles. The quantitative estimate of drug-likeness (QED) is 0.273. The number of aryl methyl sites for hydroxylation is 4. The molecule has 0 amide bonds. The van der Waals surface area contributed by atoms with Crippen molar-refractivity contribution in [2.24, 2.45) is 7.05 Å². The second-order valence-corrected chi connectivity index (χ2v) is 10.4. The molecule has 5 rings (SSSR count). The average molecular weight is 513 g/mol. The SMILES string of the molecule is CCCc1cn(CCCc2ccc(OC3CCCNCC3)cc2)c(-c2cc3sccc3n2C)n1.Cl. The van der Waals surface area contributed by atoms with Crippen LogP contribution in [0.25, 0.3) is 21.7 Å². The second-order valence-electron chi connectivity index (χ2n) is 9.43. The molecule has 5 nitrogen and oxygen atoms in total. The van der Waals surface area contributed by atoms with Crippen molar-refractivity contribution in [3.05, 3.63) is 59.2 Å². The van der Waals surface area contributed by atoms with E-state index in [-0.39, 0.29) is 12.4 Å². The Kier molecular flexibility index (Phi) is 8.93. The van der Waals surface area contributed by atoms with E-state index in [9.17, 15) is 0 Å². The molecule has 1 aromatic carbocycles. The fourth-order valence-corrected chi connectivity index (χ4v) is 5.82. The Morgan fingerprint density at radius 3 is 2.77 bits per heavy atom. The van der Waals surface area contributed by atoms with Gasteiger partial charge in [0.1, 0.15) is 5.75 Å². The molecule has 35 heavy (non-hydrogen) atoms. The summed E-state index contributed by atoms with van der Waals surface area (Å²) in [5.74, 6) is 2.09. The van der Waals surface area contributed by atoms with Gasteiger partial charge in [-0.2, -0.15) is 0 Å². The number of imidazole rings is 1. The Hall–Kier alpha value is -2.28. The van der Waals surface area contributed by atoms with Crippen LogP contribution in [0.5, 0.6) is 5.75 Å². The Bertz CT molecular complexity index is 1200. The van der Waals surface area contributed by atoms with Crippen molar-refractivity contribution in [1.82, 2.24) is 19.4 Å². The first-order chi connectivity index (χ1) is 16.7. The minimum absolute atomic E-state index is 0. The molecule has 4 heterocycles. The molecule has 4 aromatic rings. The van der Waals surface area contributed by atoms with Crippen LogP contribution < -0.4 is 10.1 Å². The van der Waals surface area contributed by atoms with E-state index in [4.69, 9.17) is 9.72 Å². The largest absolute Gasteiger partial charge is 0.490 e. The number of nitrogens with one attached hydrogen (secondary N) is 1. The summed E-state index contributed by atoms with van der Waals surface area (Å²) in [7, 11) is 2.15. The van der Waals surface area contributed by atoms with E-state index in [1.165, 1.54) is 33.6 Å². The molecule has 1 saturated heterocycles. The molecule has 7 heteroatoms. The van der Waals surface area contributed by atoms with Crippen LogP contribution in [0.4, 0.5) is 0 Å². The Morgan fingerprint density at radius 2 is 1.97 bits per heavy atom. The zero-order valence-electron chi connectivity index (χ0n) is 20.8. The molecular weight excluding hydrogens is 476 g/mol. The second kappa shape index (κ2) is 12.1. The Balaban J connectivity index is 0.00000289. The number of thiophene rings is 1. The van der Waals surface area contributed by atoms with Gasteiger partial charge < -0.3 is 19.2 Å². The monoisotopic (exact) mass is 512 g/mol. The average Bonchev–Trinajstić information content (AvgIpc) is 3.47. The van der Waals surface area contributed by atoms with Gasteiger partial charge in [-0.25, -0.2) is 4.98 Å². The molecule has 1 atom stereocenters. The van der Waals surface area contributed by atoms with Crippen molar-refractivity contribution >= 4 is 34.0 Å². The third-order valence-corrected chi connectivity index (χ3v) is 7.69. The molecule has 1 unspecified atom stereocenters. The fraction of sp³-hybridized carbons (Fsp3) is 0.464. The fourth-order valence-electron chi connectivity index (χ4n) is 4.97. The van der Waals surface area contributed by atoms with Crippen molar-refractivity contribution in [2.75, 3.05) is 13.1 Å². The number of hydrogen-bond donors (Lipinski definition) is 1. The molecule has 0 saturated carbocycles. The molecule has 188 valence electrons. The maximum Gasteiger partial charge on any atom is 0.156 e. The number of aromatic nitrogens is 3. The smallest absolute Gasteiger partial charge is 0.156 e. The first-order valence-electron chi connectivity index (χ1n) is 12.8. The lowest BCUT2D eigenvalue weighted by molar-refractivity contribution is 0.187. The number of rotatable bonds is 9. The third kappa shape index (κ3) is 6.11. The lowest BCUT2D eigenvalue weighted by Crippen LogP contribution is -2.19. The van der Waals surface area contributed by atoms with E-state index in [1.54, 1.807) is 11.3 Å². The van der Waals surface area contributed by atoms with Crippen LogP contribution in [0.2, 0.25) is 0 Å². The van der Waals surface area contributed by atoms with Crippen molar-refractivity contribution in [3.8, 4) is 17.3 Å². The summed E-state index contributed by atoms with van der Waals surface area (Å²) in [6.07, 6.45) is 10.3. The minimum atomic E-state index is 0. The van der Waals surface area contributed by atoms with Gasteiger partial charge in [-0.1, -0.05) is 25.5 Å². The number of nitrogens with zero attached hydrogens (tertiary/aromatic N) is 3. The van der Waals surface area contributed by atoms with Crippen LogP contribution in [0.3, 0.4) is 0 Å². The van der Waals surface area contributed by atoms with Gasteiger partial charge in [-0.15, -0.1) is 23.7 Å². The van der Waals surface area contributed by atoms with Gasteiger partial charge in [0.25, 0.3) is 0 Å². The summed E-state index contributed by atoms with van der Waals surface area (Å²) in [6.45, 7) is 5.36. The molecule has 0 radical (unpaired) electrons. The summed E-state index contributed by atoms with van der Waals surface area (Å²) in [5.41, 5.74) is 5.05. The lowest BCUT2D eigenvalue weighted by Gasteiger charge is -2.17. The summed E-state index contributed by atoms with van der Waals surface area (Å²) < 4.78 is 12.2. The highest BCUT2D eigenvalue weighted by atomic mass is 35.5. The standard InChI is InChI=1S/C28H36N4OS.ClH/c1-3-6-22-20-32(28(30-22)26-19-27-25(31(26)2)14-18-34-27)17-5-7-21-9-11-24(12-10-21)33-23-8-4-15-29-16-13-23;/h9-12,14,18-20,23,29H,3-8,13,15-17H2,1-2H3;1H. The number of halogens is 1. The molecular formula is C28H37ClN4OS. The summed E-state index contributed by atoms with van der Waals surface area (Å²) in [4.78, 5) is 5.03. The zero-order valence-corrected chi connectivity index (χ0v) is 22.5. The summed E-state index contributed by atoms with van der Waals surface area (Å²) in [5, 5.41) is 5.61. The van der Waals surface area contributed by atoms with Gasteiger partial charge in [-0.05, 0) is 86.8 Å². The van der Waals surface area contributed by atoms with Crippen molar-refractivity contribution < 1.29 is 4.74 Å². The Morgan fingerprint density at radius 1 is 1.11 bits per heavy atom. The van der Waals surface area contributed by atoms with E-state index in [2.05, 4.69) is 76.4 Å². The van der Waals surface area contributed by atoms with Crippen LogP contribution in [0.1, 0.15) is 50.3 Å². The number of benzene rings is 1. The molecule has 3 aromatic heterocycles. The van der Waals surface area contributed by atoms with Gasteiger partial charge in [0.2, 0.25) is 0 Å². The third-order valence-electron chi connectivity index (χ3n) is 6.84. The first-order valence-corrected chi connectivity index (χ1v) is 13.6. The van der Waals surface area contributed by atoms with Crippen LogP contribution in [0.15, 0.2) is 48.0 Å². The van der Waals surface area contributed by atoms with Crippen LogP contribution >= 0.6 is 23.7 Å². The predicted molar refractivity (Wildman–Crippen MR) is 149 cm³/mol. The van der Waals surface area contributed by atoms with E-state index in [0.717, 1.165) is 69.7 Å². The van der Waals surface area contributed by atoms with Crippen LogP contribution in [-0.2, 0) is 26.4 Å². The lowest BCUT2D eigenvalue weighted by atomic mass is 10.1. The van der Waals surface area contributed by atoms with E-state index >= 15 is 0 Å². The van der Waals surface area contributed by atoms with Gasteiger partial charge in [-0.3, -0.25) is 0 Å². The highest BCUT2D eigenvalue weighted by molar-refractivity contribution is 7.17. The van der Waals surface area contributed by atoms with E-state index in [0.29, 0.717) is 6.10 Å². The maximum atomic E-state index is 6.23. The zero-order chi connectivity index (χ0) is 23.3. The summed E-state index contributed by atoms with van der Waals surface area (Å²) >= 11 is 1.80. The van der Waals surface area contributed by atoms with Gasteiger partial charge in [0.15, 0.2) is 5.82 Å². The van der Waals surface area contributed by atoms with Gasteiger partial charge >= 0.3 is 0 Å². The topological polar surface area (TPSA) is 44.0 Å². The summed E-state index contributed by atoms with van der Waals surface area (Å²) in [6, 6.07) is 13.2. The maximum absolute atomic E-state index is 6.23. The number of fused-ring (bicyclic) bond motifs is 1. The van der Waals surface area contributed by atoms with Crippen LogP contribution in [0, 0.1) is 0 Å². The Labute approximate surface area is 218 Å². The van der Waals surface area contributed by atoms with Crippen LogP contribution in [-0.4, -0.2) is 33.3 Å². The normalized spacial score (nSPS) is 16.2. The highest BCUT2D eigenvalue weighted by Gasteiger charge is 2.16. The van der Waals surface area contributed by atoms with Crippen molar-refractivity contribution in [1.29, 1.82) is 0 Å². The van der Waals surface area contributed by atoms with E-state index < -0.39 is 0 Å². The number of ether oxygens (including phenoxy) is 1. The van der Waals surface area contributed by atoms with Gasteiger partial charge in [0.05, 0.1) is 27.7 Å². The van der Waals surface area contributed by atoms with Gasteiger partial charge in [0, 0.05) is 19.8 Å². The molecule has 1 aliphatic rings. The first kappa shape index (κ1) is 25.8. The molecule has 0 spiro atoms. The highest BCUT2D eigenvalue weighted by Crippen LogP contribution is 2.30.